The molecular formula is C12H26Se2. The van der Waals surface area contributed by atoms with Crippen LogP contribution in [-0.2, 0) is 0 Å². The van der Waals surface area contributed by atoms with E-state index in [0.717, 1.165) is 0 Å². The van der Waals surface area contributed by atoms with Gasteiger partial charge >= 0.3 is 27.3 Å². The average molecular weight is 328 g/mol. The molecule has 2 heteroatoms. The molecule has 0 heterocycles. The first-order valence-corrected chi connectivity index (χ1v) is 10.4. The molecule has 14 heavy (non-hydrogen) atoms. The molecule has 0 saturated carbocycles. The van der Waals surface area contributed by atoms with Crippen LogP contribution in [0.25, 0.3) is 0 Å². The van der Waals surface area contributed by atoms with Crippen LogP contribution >= 0.6 is 0 Å². The summed E-state index contributed by atoms with van der Waals surface area (Å²) in [5, 5.41) is 0. The molecule has 86 valence electrons. The van der Waals surface area contributed by atoms with Crippen LogP contribution in [0.4, 0.5) is 0 Å². The van der Waals surface area contributed by atoms with Crippen molar-refractivity contribution in [1.29, 1.82) is 0 Å². The van der Waals surface area contributed by atoms with Crippen molar-refractivity contribution < 1.29 is 0 Å². The van der Waals surface area contributed by atoms with Crippen molar-refractivity contribution in [1.82, 2.24) is 0 Å². The normalized spacial score (nSPS) is 9.29. The molecule has 0 aliphatic heterocycles. The summed E-state index contributed by atoms with van der Waals surface area (Å²) in [6.45, 7) is 4.56. The molecule has 0 aliphatic rings. The molecule has 0 radical (unpaired) electrons. The van der Waals surface area contributed by atoms with Gasteiger partial charge in [0.1, 0.15) is 0 Å². The molecule has 0 atom stereocenters. The van der Waals surface area contributed by atoms with E-state index in [2.05, 4.69) is 41.2 Å². The van der Waals surface area contributed by atoms with Gasteiger partial charge in [-0.3, -0.25) is 0 Å². The Bertz CT molecular complexity index is 74.4. The van der Waals surface area contributed by atoms with E-state index in [1.165, 1.54) is 64.2 Å². The fraction of sp³-hybridized carbons (Fsp3) is 1.00. The van der Waals surface area contributed by atoms with Gasteiger partial charge < -0.3 is 0 Å². The minimum absolute atomic E-state index is 1.37. The van der Waals surface area contributed by atoms with Gasteiger partial charge in [0.15, 0.2) is 0 Å². The topological polar surface area (TPSA) is 0 Å². The molecule has 0 fully saturated rings. The van der Waals surface area contributed by atoms with E-state index in [1.54, 1.807) is 0 Å². The molecule has 0 unspecified atom stereocenters. The van der Waals surface area contributed by atoms with Crippen LogP contribution < -0.4 is 0 Å². The van der Waals surface area contributed by atoms with Crippen LogP contribution in [-0.4, -0.2) is 27.3 Å². The first-order chi connectivity index (χ1) is 6.91. The van der Waals surface area contributed by atoms with E-state index in [9.17, 15) is 0 Å². The number of rotatable bonds is 9. The van der Waals surface area contributed by atoms with Crippen LogP contribution in [0.3, 0.4) is 0 Å². The Kier molecular flexibility index (Phi) is 24.4. The van der Waals surface area contributed by atoms with Gasteiger partial charge in [-0.25, -0.2) is 0 Å². The minimum atomic E-state index is 1.37. The van der Waals surface area contributed by atoms with Crippen molar-refractivity contribution in [3.8, 4) is 0 Å². The van der Waals surface area contributed by atoms with Crippen molar-refractivity contribution in [2.24, 2.45) is 0 Å². The van der Waals surface area contributed by atoms with Crippen molar-refractivity contribution in [3.05, 3.63) is 0 Å². The maximum atomic E-state index is 2.50. The molecular weight excluding hydrogens is 302 g/mol. The summed E-state index contributed by atoms with van der Waals surface area (Å²) < 4.78 is 0. The standard InChI is InChI=1S/C12H26.Se2/c1-3-5-7-9-11-12-10-8-6-4-2;1-2/h3-12H2,1-2H3;. The van der Waals surface area contributed by atoms with Crippen LogP contribution in [0, 0.1) is 0 Å². The summed E-state index contributed by atoms with van der Waals surface area (Å²) in [5.41, 5.74) is 0. The summed E-state index contributed by atoms with van der Waals surface area (Å²) in [6.07, 6.45) is 14.4. The first-order valence-electron chi connectivity index (χ1n) is 6.08. The summed E-state index contributed by atoms with van der Waals surface area (Å²) >= 11 is 5.00. The number of hydrogen-bond donors (Lipinski definition) is 0. The first kappa shape index (κ1) is 17.4. The van der Waals surface area contributed by atoms with E-state index in [4.69, 9.17) is 0 Å². The maximum absolute atomic E-state index is 2.50. The molecule has 0 saturated heterocycles. The van der Waals surface area contributed by atoms with E-state index in [0.29, 0.717) is 0 Å². The van der Waals surface area contributed by atoms with Gasteiger partial charge in [0.25, 0.3) is 0 Å². The van der Waals surface area contributed by atoms with Crippen molar-refractivity contribution in [2.75, 3.05) is 0 Å². The molecule has 0 N–H and O–H groups in total. The molecule has 0 spiro atoms. The average Bonchev–Trinajstić information content (AvgIpc) is 2.25. The van der Waals surface area contributed by atoms with Crippen LogP contribution in [0.5, 0.6) is 0 Å². The van der Waals surface area contributed by atoms with E-state index in [-0.39, 0.29) is 0 Å². The molecule has 0 aromatic rings. The van der Waals surface area contributed by atoms with Crippen LogP contribution in [0.1, 0.15) is 78.1 Å². The number of unbranched alkanes of at least 4 members (excludes halogenated alkanes) is 9. The molecule has 0 bridgehead atoms. The molecule has 0 nitrogen and oxygen atoms in total. The number of hydrogen-bond acceptors (Lipinski definition) is 0. The third kappa shape index (κ3) is 18.8. The molecule has 0 aromatic heterocycles. The third-order valence-corrected chi connectivity index (χ3v) is 2.46. The second-order valence-corrected chi connectivity index (χ2v) is 3.83. The van der Waals surface area contributed by atoms with Gasteiger partial charge in [-0.1, -0.05) is 78.1 Å². The Balaban J connectivity index is 0. The zero-order valence-corrected chi connectivity index (χ0v) is 13.3. The Morgan fingerprint density at radius 2 is 0.714 bits per heavy atom. The van der Waals surface area contributed by atoms with Crippen molar-refractivity contribution in [3.63, 3.8) is 0 Å². The van der Waals surface area contributed by atoms with Crippen LogP contribution in [0.15, 0.2) is 0 Å². The predicted molar refractivity (Wildman–Crippen MR) is 69.0 cm³/mol. The van der Waals surface area contributed by atoms with Gasteiger partial charge in [-0.15, -0.1) is 0 Å². The molecule has 0 aromatic carbocycles. The van der Waals surface area contributed by atoms with Gasteiger partial charge in [0, 0.05) is 0 Å². The fourth-order valence-electron chi connectivity index (χ4n) is 1.56. The monoisotopic (exact) mass is 330 g/mol. The Hall–Kier alpha value is 1.04. The van der Waals surface area contributed by atoms with E-state index >= 15 is 0 Å². The molecule has 0 aliphatic carbocycles. The van der Waals surface area contributed by atoms with E-state index < -0.39 is 0 Å². The van der Waals surface area contributed by atoms with Gasteiger partial charge in [-0.2, -0.15) is 0 Å². The van der Waals surface area contributed by atoms with Gasteiger partial charge in [-0.05, 0) is 0 Å². The summed E-state index contributed by atoms with van der Waals surface area (Å²) in [6, 6.07) is 0. The Morgan fingerprint density at radius 1 is 0.500 bits per heavy atom. The van der Waals surface area contributed by atoms with Gasteiger partial charge in [0.05, 0.1) is 0 Å². The zero-order valence-electron chi connectivity index (χ0n) is 9.89. The third-order valence-electron chi connectivity index (χ3n) is 2.46. The van der Waals surface area contributed by atoms with Crippen molar-refractivity contribution in [2.45, 2.75) is 78.1 Å². The van der Waals surface area contributed by atoms with Crippen molar-refractivity contribution >= 4 is 27.3 Å². The summed E-state index contributed by atoms with van der Waals surface area (Å²) in [5.74, 6) is 0. The summed E-state index contributed by atoms with van der Waals surface area (Å²) in [7, 11) is 0. The second-order valence-electron chi connectivity index (χ2n) is 3.83. The van der Waals surface area contributed by atoms with Gasteiger partial charge in [0.2, 0.25) is 0 Å². The molecule has 0 amide bonds. The SMILES string of the molecule is CCCCCCCCCCCC.[Se]=[Se]. The second kappa shape index (κ2) is 19.6. The summed E-state index contributed by atoms with van der Waals surface area (Å²) in [4.78, 5) is 0. The van der Waals surface area contributed by atoms with Crippen LogP contribution in [0.2, 0.25) is 0 Å². The fourth-order valence-corrected chi connectivity index (χ4v) is 1.56. The zero-order chi connectivity index (χ0) is 11.1. The Labute approximate surface area is 105 Å². The Morgan fingerprint density at radius 3 is 0.929 bits per heavy atom. The quantitative estimate of drug-likeness (QED) is 0.440. The predicted octanol–water partition coefficient (Wildman–Crippen LogP) is 4.17. The molecule has 0 rings (SSSR count). The van der Waals surface area contributed by atoms with E-state index in [1.807, 2.05) is 0 Å².